The average molecular weight is 351 g/mol. The summed E-state index contributed by atoms with van der Waals surface area (Å²) in [6.45, 7) is 6.89. The maximum Gasteiger partial charge on any atom is 0.325 e. The summed E-state index contributed by atoms with van der Waals surface area (Å²) < 4.78 is 5.27. The van der Waals surface area contributed by atoms with E-state index in [0.717, 1.165) is 52.4 Å². The summed E-state index contributed by atoms with van der Waals surface area (Å²) in [6, 6.07) is 5.51. The molecule has 1 aromatic carbocycles. The number of benzene rings is 1. The summed E-state index contributed by atoms with van der Waals surface area (Å²) in [5.41, 5.74) is -0.0329. The van der Waals surface area contributed by atoms with Crippen molar-refractivity contribution in [2.45, 2.75) is 0 Å². The Morgan fingerprint density at radius 2 is 1.52 bits per heavy atom. The molecule has 1 fully saturated rings. The second-order valence-electron chi connectivity index (χ2n) is 5.75. The highest BCUT2D eigenvalue weighted by Gasteiger charge is 2.13. The number of esters is 1. The fourth-order valence-electron chi connectivity index (χ4n) is 2.46. The largest absolute Gasteiger partial charge is 0.426 e. The van der Waals surface area contributed by atoms with E-state index in [1.807, 2.05) is 4.90 Å². The highest BCUT2D eigenvalue weighted by Crippen LogP contribution is 2.17. The Morgan fingerprint density at radius 1 is 1.00 bits per heavy atom. The van der Waals surface area contributed by atoms with Gasteiger partial charge < -0.3 is 20.7 Å². The van der Waals surface area contributed by atoms with Crippen LogP contribution in [-0.2, 0) is 4.79 Å². The molecule has 25 heavy (non-hydrogen) atoms. The van der Waals surface area contributed by atoms with Gasteiger partial charge in [0.15, 0.2) is 0 Å². The average Bonchev–Trinajstić information content (AvgIpc) is 2.57. The van der Waals surface area contributed by atoms with Gasteiger partial charge in [0.1, 0.15) is 5.75 Å². The van der Waals surface area contributed by atoms with E-state index in [4.69, 9.17) is 4.74 Å². The molecule has 2 rings (SSSR count). The molecule has 0 spiro atoms. The topological polar surface area (TPSA) is 109 Å². The number of ether oxygens (including phenoxy) is 1. The first-order valence-corrected chi connectivity index (χ1v) is 8.45. The summed E-state index contributed by atoms with van der Waals surface area (Å²) in [4.78, 5) is 24.3. The Bertz CT molecular complexity index is 540. The van der Waals surface area contributed by atoms with Crippen molar-refractivity contribution < 1.29 is 14.5 Å². The number of nitro groups is 1. The van der Waals surface area contributed by atoms with Gasteiger partial charge in [0.25, 0.3) is 5.69 Å². The van der Waals surface area contributed by atoms with Gasteiger partial charge in [-0.3, -0.25) is 19.8 Å². The van der Waals surface area contributed by atoms with Crippen LogP contribution in [0.1, 0.15) is 0 Å². The number of rotatable bonds is 4. The Morgan fingerprint density at radius 3 is 2.04 bits per heavy atom. The first-order valence-electron chi connectivity index (χ1n) is 8.45. The van der Waals surface area contributed by atoms with E-state index in [9.17, 15) is 14.9 Å². The summed E-state index contributed by atoms with van der Waals surface area (Å²) >= 11 is 0. The zero-order chi connectivity index (χ0) is 17.9. The molecule has 0 saturated carbocycles. The quantitative estimate of drug-likeness (QED) is 0.291. The molecule has 3 N–H and O–H groups in total. The van der Waals surface area contributed by atoms with Crippen LogP contribution in [0, 0.1) is 10.1 Å². The van der Waals surface area contributed by atoms with Crippen molar-refractivity contribution >= 4 is 11.7 Å². The van der Waals surface area contributed by atoms with Crippen LogP contribution in [0.2, 0.25) is 0 Å². The minimum atomic E-state index is -0.488. The predicted octanol–water partition coefficient (Wildman–Crippen LogP) is -0.415. The number of carbonyl (C=O) groups excluding carboxylic acids is 1. The fraction of sp³-hybridized carbons (Fsp3) is 0.562. The van der Waals surface area contributed by atoms with Crippen molar-refractivity contribution in [2.24, 2.45) is 0 Å². The molecule has 0 radical (unpaired) electrons. The van der Waals surface area contributed by atoms with Crippen LogP contribution < -0.4 is 20.7 Å². The minimum absolute atomic E-state index is 0.0329. The first kappa shape index (κ1) is 19.3. The molecule has 0 aromatic heterocycles. The fourth-order valence-corrected chi connectivity index (χ4v) is 2.46. The van der Waals surface area contributed by atoms with Crippen LogP contribution in [0.5, 0.6) is 5.75 Å². The highest BCUT2D eigenvalue weighted by atomic mass is 16.6. The van der Waals surface area contributed by atoms with E-state index >= 15 is 0 Å². The third-order valence-electron chi connectivity index (χ3n) is 3.80. The van der Waals surface area contributed by atoms with Crippen LogP contribution in [0.3, 0.4) is 0 Å². The van der Waals surface area contributed by atoms with Crippen molar-refractivity contribution in [3.05, 3.63) is 34.4 Å². The van der Waals surface area contributed by atoms with Gasteiger partial charge in [-0.05, 0) is 12.1 Å². The van der Waals surface area contributed by atoms with Crippen LogP contribution in [0.15, 0.2) is 24.3 Å². The number of carbonyl (C=O) groups is 1. The number of nitrogens with one attached hydrogen (secondary N) is 3. The number of hydrogen-bond acceptors (Lipinski definition) is 8. The molecule has 0 unspecified atom stereocenters. The lowest BCUT2D eigenvalue weighted by Crippen LogP contribution is -2.43. The zero-order valence-electron chi connectivity index (χ0n) is 14.2. The second kappa shape index (κ2) is 10.7. The Labute approximate surface area is 146 Å². The number of nitrogens with zero attached hydrogens (tertiary/aromatic N) is 2. The van der Waals surface area contributed by atoms with E-state index in [1.165, 1.54) is 24.3 Å². The lowest BCUT2D eigenvalue weighted by atomic mass is 10.3. The van der Waals surface area contributed by atoms with E-state index in [0.29, 0.717) is 5.75 Å². The van der Waals surface area contributed by atoms with E-state index in [-0.39, 0.29) is 18.2 Å². The normalized spacial score (nSPS) is 17.9. The van der Waals surface area contributed by atoms with Gasteiger partial charge in [-0.2, -0.15) is 0 Å². The molecule has 0 atom stereocenters. The van der Waals surface area contributed by atoms with Gasteiger partial charge in [0, 0.05) is 64.5 Å². The summed E-state index contributed by atoms with van der Waals surface area (Å²) in [5.74, 6) is -0.0603. The van der Waals surface area contributed by atoms with Crippen LogP contribution >= 0.6 is 0 Å². The van der Waals surface area contributed by atoms with Crippen LogP contribution in [0.25, 0.3) is 0 Å². The van der Waals surface area contributed by atoms with Crippen LogP contribution in [-0.4, -0.2) is 74.7 Å². The van der Waals surface area contributed by atoms with Crippen molar-refractivity contribution in [2.75, 3.05) is 58.9 Å². The number of non-ortho nitro benzene ring substituents is 1. The monoisotopic (exact) mass is 351 g/mol. The summed E-state index contributed by atoms with van der Waals surface area (Å²) in [7, 11) is 0. The molecule has 0 bridgehead atoms. The van der Waals surface area contributed by atoms with Gasteiger partial charge in [0.2, 0.25) is 0 Å². The molecule has 138 valence electrons. The van der Waals surface area contributed by atoms with Gasteiger partial charge in [-0.25, -0.2) is 0 Å². The summed E-state index contributed by atoms with van der Waals surface area (Å²) in [6.07, 6.45) is 0. The Balaban J connectivity index is 1.82. The lowest BCUT2D eigenvalue weighted by Gasteiger charge is -2.22. The van der Waals surface area contributed by atoms with E-state index < -0.39 is 4.92 Å². The zero-order valence-corrected chi connectivity index (χ0v) is 14.2. The van der Waals surface area contributed by atoms with E-state index in [2.05, 4.69) is 16.0 Å². The van der Waals surface area contributed by atoms with Gasteiger partial charge in [0.05, 0.1) is 11.5 Å². The number of hydrogen-bond donors (Lipinski definition) is 3. The summed E-state index contributed by atoms with van der Waals surface area (Å²) in [5, 5.41) is 20.6. The Kier molecular flexibility index (Phi) is 8.26. The Hall–Kier alpha value is -2.07. The molecule has 1 aromatic rings. The van der Waals surface area contributed by atoms with Crippen molar-refractivity contribution in [3.8, 4) is 5.75 Å². The van der Waals surface area contributed by atoms with Crippen molar-refractivity contribution in [3.63, 3.8) is 0 Å². The molecule has 1 aliphatic heterocycles. The molecule has 0 aliphatic carbocycles. The molecule has 1 heterocycles. The third kappa shape index (κ3) is 7.57. The molecular weight excluding hydrogens is 326 g/mol. The minimum Gasteiger partial charge on any atom is -0.426 e. The SMILES string of the molecule is O=C(CN1CCNCCNCCNCC1)Oc1ccc([N+](=O)[O-])cc1. The standard InChI is InChI=1S/C16H25N5O4/c22-16(25-15-3-1-14(2-4-15)21(23)24)13-20-11-9-18-7-5-17-6-8-19-10-12-20/h1-4,17-19H,5-13H2. The van der Waals surface area contributed by atoms with Crippen molar-refractivity contribution in [1.82, 2.24) is 20.9 Å². The molecular formula is C16H25N5O4. The molecule has 9 nitrogen and oxygen atoms in total. The van der Waals surface area contributed by atoms with Gasteiger partial charge >= 0.3 is 5.97 Å². The third-order valence-corrected chi connectivity index (χ3v) is 3.80. The second-order valence-corrected chi connectivity index (χ2v) is 5.75. The molecule has 0 amide bonds. The lowest BCUT2D eigenvalue weighted by molar-refractivity contribution is -0.384. The number of nitro benzene ring substituents is 1. The molecule has 9 heteroatoms. The van der Waals surface area contributed by atoms with Crippen molar-refractivity contribution in [1.29, 1.82) is 0 Å². The van der Waals surface area contributed by atoms with E-state index in [1.54, 1.807) is 0 Å². The van der Waals surface area contributed by atoms with Gasteiger partial charge in [-0.1, -0.05) is 0 Å². The maximum atomic E-state index is 12.1. The van der Waals surface area contributed by atoms with Crippen LogP contribution in [0.4, 0.5) is 5.69 Å². The molecule has 1 aliphatic rings. The first-order chi connectivity index (χ1) is 12.1. The smallest absolute Gasteiger partial charge is 0.325 e. The molecule has 1 saturated heterocycles. The maximum absolute atomic E-state index is 12.1. The van der Waals surface area contributed by atoms with Gasteiger partial charge in [-0.15, -0.1) is 0 Å². The highest BCUT2D eigenvalue weighted by molar-refractivity contribution is 5.74. The predicted molar refractivity (Wildman–Crippen MR) is 93.8 cm³/mol.